The first-order valence-corrected chi connectivity index (χ1v) is 9.07. The zero-order valence-electron chi connectivity index (χ0n) is 15.5. The Morgan fingerprint density at radius 1 is 1.20 bits per heavy atom. The number of nitrogens with zero attached hydrogens (tertiary/aromatic N) is 3. The molecule has 0 fully saturated rings. The molecule has 1 aromatic heterocycles. The van der Waals surface area contributed by atoms with E-state index in [0.29, 0.717) is 6.04 Å². The van der Waals surface area contributed by atoms with Gasteiger partial charge in [-0.3, -0.25) is 0 Å². The molecule has 1 aromatic carbocycles. The maximum Gasteiger partial charge on any atom is 0.135 e. The number of rotatable bonds is 5. The van der Waals surface area contributed by atoms with Crippen molar-refractivity contribution in [3.8, 4) is 0 Å². The highest BCUT2D eigenvalue weighted by atomic mass is 16.3. The van der Waals surface area contributed by atoms with Crippen LogP contribution in [0.2, 0.25) is 0 Å². The van der Waals surface area contributed by atoms with Crippen LogP contribution in [-0.2, 0) is 13.0 Å². The van der Waals surface area contributed by atoms with E-state index in [1.165, 1.54) is 11.1 Å². The van der Waals surface area contributed by atoms with Gasteiger partial charge in [0.1, 0.15) is 17.5 Å². The summed E-state index contributed by atoms with van der Waals surface area (Å²) < 4.78 is 0. The average molecular weight is 340 g/mol. The van der Waals surface area contributed by atoms with Gasteiger partial charge in [-0.15, -0.1) is 0 Å². The summed E-state index contributed by atoms with van der Waals surface area (Å²) in [7, 11) is 0. The second-order valence-corrected chi connectivity index (χ2v) is 7.30. The lowest BCUT2D eigenvalue weighted by molar-refractivity contribution is 0.281. The van der Waals surface area contributed by atoms with Crippen molar-refractivity contribution in [3.05, 3.63) is 47.3 Å². The van der Waals surface area contributed by atoms with Crippen LogP contribution in [0.1, 0.15) is 50.6 Å². The SMILES string of the molecule is CC(C)c1nc(N[C@@H](C)CO)cc(N2Cc3ccccc3C[C@@H]2C)n1. The van der Waals surface area contributed by atoms with E-state index < -0.39 is 0 Å². The molecule has 0 amide bonds. The molecule has 2 aromatic rings. The molecule has 3 rings (SSSR count). The van der Waals surface area contributed by atoms with E-state index in [1.807, 2.05) is 13.0 Å². The van der Waals surface area contributed by atoms with Crippen LogP contribution in [0.5, 0.6) is 0 Å². The van der Waals surface area contributed by atoms with Crippen LogP contribution >= 0.6 is 0 Å². The highest BCUT2D eigenvalue weighted by molar-refractivity contribution is 5.53. The minimum Gasteiger partial charge on any atom is -0.394 e. The number of nitrogens with one attached hydrogen (secondary N) is 1. The molecule has 5 heteroatoms. The van der Waals surface area contributed by atoms with Crippen LogP contribution in [0.25, 0.3) is 0 Å². The molecule has 25 heavy (non-hydrogen) atoms. The van der Waals surface area contributed by atoms with E-state index in [9.17, 15) is 5.11 Å². The molecule has 2 heterocycles. The molecule has 2 atom stereocenters. The Morgan fingerprint density at radius 2 is 1.92 bits per heavy atom. The van der Waals surface area contributed by atoms with Gasteiger partial charge >= 0.3 is 0 Å². The molecule has 5 nitrogen and oxygen atoms in total. The summed E-state index contributed by atoms with van der Waals surface area (Å²) in [6, 6.07) is 11.0. The van der Waals surface area contributed by atoms with Crippen molar-refractivity contribution in [2.24, 2.45) is 0 Å². The Hall–Kier alpha value is -2.14. The maximum absolute atomic E-state index is 9.33. The normalized spacial score (nSPS) is 18.2. The van der Waals surface area contributed by atoms with Gasteiger partial charge in [0.25, 0.3) is 0 Å². The van der Waals surface area contributed by atoms with Crippen LogP contribution < -0.4 is 10.2 Å². The first-order valence-electron chi connectivity index (χ1n) is 9.07. The minimum absolute atomic E-state index is 0.0396. The predicted octanol–water partition coefficient (Wildman–Crippen LogP) is 3.34. The third kappa shape index (κ3) is 3.93. The van der Waals surface area contributed by atoms with E-state index in [-0.39, 0.29) is 18.6 Å². The molecule has 0 unspecified atom stereocenters. The summed E-state index contributed by atoms with van der Waals surface area (Å²) in [6.45, 7) is 9.33. The van der Waals surface area contributed by atoms with Gasteiger partial charge in [-0.05, 0) is 31.4 Å². The molecule has 0 saturated carbocycles. The summed E-state index contributed by atoms with van der Waals surface area (Å²) in [5.74, 6) is 2.81. The summed E-state index contributed by atoms with van der Waals surface area (Å²) in [4.78, 5) is 11.8. The first kappa shape index (κ1) is 17.7. The molecule has 0 saturated heterocycles. The number of hydrogen-bond donors (Lipinski definition) is 2. The van der Waals surface area contributed by atoms with Gasteiger partial charge in [0.05, 0.1) is 6.61 Å². The van der Waals surface area contributed by atoms with Gasteiger partial charge < -0.3 is 15.3 Å². The van der Waals surface area contributed by atoms with E-state index in [4.69, 9.17) is 4.98 Å². The number of benzene rings is 1. The summed E-state index contributed by atoms with van der Waals surface area (Å²) >= 11 is 0. The van der Waals surface area contributed by atoms with E-state index in [0.717, 1.165) is 30.4 Å². The molecule has 0 spiro atoms. The zero-order valence-corrected chi connectivity index (χ0v) is 15.5. The van der Waals surface area contributed by atoms with Gasteiger partial charge in [0.15, 0.2) is 0 Å². The third-order valence-electron chi connectivity index (χ3n) is 4.72. The predicted molar refractivity (Wildman–Crippen MR) is 102 cm³/mol. The van der Waals surface area contributed by atoms with Crippen LogP contribution in [0, 0.1) is 0 Å². The van der Waals surface area contributed by atoms with Crippen molar-refractivity contribution in [1.82, 2.24) is 9.97 Å². The minimum atomic E-state index is -0.0396. The molecule has 2 N–H and O–H groups in total. The highest BCUT2D eigenvalue weighted by Crippen LogP contribution is 2.29. The lowest BCUT2D eigenvalue weighted by atomic mass is 9.95. The Bertz CT molecular complexity index is 731. The van der Waals surface area contributed by atoms with Crippen molar-refractivity contribution in [3.63, 3.8) is 0 Å². The number of hydrogen-bond acceptors (Lipinski definition) is 5. The number of aromatic nitrogens is 2. The van der Waals surface area contributed by atoms with E-state index in [2.05, 4.69) is 60.2 Å². The lowest BCUT2D eigenvalue weighted by Crippen LogP contribution is -2.39. The van der Waals surface area contributed by atoms with Crippen LogP contribution in [0.15, 0.2) is 30.3 Å². The fourth-order valence-corrected chi connectivity index (χ4v) is 3.22. The van der Waals surface area contributed by atoms with Gasteiger partial charge in [0, 0.05) is 30.6 Å². The molecule has 0 bridgehead atoms. The van der Waals surface area contributed by atoms with Gasteiger partial charge in [0.2, 0.25) is 0 Å². The van der Waals surface area contributed by atoms with Crippen molar-refractivity contribution < 1.29 is 5.11 Å². The monoisotopic (exact) mass is 340 g/mol. The Balaban J connectivity index is 1.95. The van der Waals surface area contributed by atoms with E-state index in [1.54, 1.807) is 0 Å². The smallest absolute Gasteiger partial charge is 0.135 e. The number of fused-ring (bicyclic) bond motifs is 1. The zero-order chi connectivity index (χ0) is 18.0. The quantitative estimate of drug-likeness (QED) is 0.874. The summed E-state index contributed by atoms with van der Waals surface area (Å²) in [6.07, 6.45) is 1.02. The molecular weight excluding hydrogens is 312 g/mol. The molecule has 0 aliphatic carbocycles. The number of anilines is 2. The Kier molecular flexibility index (Phi) is 5.23. The summed E-state index contributed by atoms with van der Waals surface area (Å²) in [5, 5.41) is 12.6. The van der Waals surface area contributed by atoms with Gasteiger partial charge in [-0.25, -0.2) is 9.97 Å². The second kappa shape index (κ2) is 7.40. The Labute approximate surface area is 150 Å². The van der Waals surface area contributed by atoms with E-state index >= 15 is 0 Å². The highest BCUT2D eigenvalue weighted by Gasteiger charge is 2.25. The number of aliphatic hydroxyl groups excluding tert-OH is 1. The first-order chi connectivity index (χ1) is 12.0. The topological polar surface area (TPSA) is 61.3 Å². The average Bonchev–Trinajstić information content (AvgIpc) is 2.60. The fourth-order valence-electron chi connectivity index (χ4n) is 3.22. The molecular formula is C20H28N4O. The van der Waals surface area contributed by atoms with Crippen LogP contribution in [-0.4, -0.2) is 33.8 Å². The molecule has 1 aliphatic rings. The van der Waals surface area contributed by atoms with Gasteiger partial charge in [-0.1, -0.05) is 38.1 Å². The molecule has 0 radical (unpaired) electrons. The second-order valence-electron chi connectivity index (χ2n) is 7.30. The maximum atomic E-state index is 9.33. The van der Waals surface area contributed by atoms with Crippen molar-refractivity contribution >= 4 is 11.6 Å². The van der Waals surface area contributed by atoms with Crippen molar-refractivity contribution in [2.75, 3.05) is 16.8 Å². The van der Waals surface area contributed by atoms with Crippen LogP contribution in [0.4, 0.5) is 11.6 Å². The fraction of sp³-hybridized carbons (Fsp3) is 0.500. The standard InChI is InChI=1S/C20H28N4O/c1-13(2)20-22-18(21-14(3)12-25)10-19(23-20)24-11-17-8-6-5-7-16(17)9-15(24)4/h5-8,10,13-15,25H,9,11-12H2,1-4H3,(H,21,22,23)/t14-,15-/m0/s1. The third-order valence-corrected chi connectivity index (χ3v) is 4.72. The largest absolute Gasteiger partial charge is 0.394 e. The van der Waals surface area contributed by atoms with Gasteiger partial charge in [-0.2, -0.15) is 0 Å². The van der Waals surface area contributed by atoms with Crippen molar-refractivity contribution in [2.45, 2.75) is 58.7 Å². The molecule has 1 aliphatic heterocycles. The summed E-state index contributed by atoms with van der Waals surface area (Å²) in [5.41, 5.74) is 2.79. The number of aliphatic hydroxyl groups is 1. The lowest BCUT2D eigenvalue weighted by Gasteiger charge is -2.36. The van der Waals surface area contributed by atoms with Crippen LogP contribution in [0.3, 0.4) is 0 Å². The Morgan fingerprint density at radius 3 is 2.60 bits per heavy atom. The molecule has 134 valence electrons. The van der Waals surface area contributed by atoms with Crippen molar-refractivity contribution in [1.29, 1.82) is 0 Å².